The van der Waals surface area contributed by atoms with E-state index in [-0.39, 0.29) is 17.4 Å². The standard InChI is InChI=1S/C23H24ClF3N6O2/c1-2-35-20-13-17(7-8-19(20)33-15-29-21(24)30-33)31-9-11-32(12-10-31)22(34)28-14-16-5-3-4-6-18(16)23(25,26)27/h3-8,13,15H,2,9-12,14H2,1H3,(H,28,34). The van der Waals surface area contributed by atoms with Crippen LogP contribution < -0.4 is 15.0 Å². The molecule has 0 unspecified atom stereocenters. The van der Waals surface area contributed by atoms with Crippen LogP contribution in [0.1, 0.15) is 18.1 Å². The maximum atomic E-state index is 13.2. The van der Waals surface area contributed by atoms with Crippen LogP contribution in [-0.2, 0) is 12.7 Å². The van der Waals surface area contributed by atoms with Crippen molar-refractivity contribution in [2.45, 2.75) is 19.6 Å². The summed E-state index contributed by atoms with van der Waals surface area (Å²) in [6.45, 7) is 4.13. The quantitative estimate of drug-likeness (QED) is 0.535. The van der Waals surface area contributed by atoms with E-state index < -0.39 is 17.8 Å². The molecule has 186 valence electrons. The van der Waals surface area contributed by atoms with Crippen molar-refractivity contribution in [3.8, 4) is 11.4 Å². The third-order valence-corrected chi connectivity index (χ3v) is 5.81. The molecule has 4 rings (SSSR count). The molecule has 0 atom stereocenters. The van der Waals surface area contributed by atoms with Crippen molar-refractivity contribution >= 4 is 23.3 Å². The number of amides is 2. The largest absolute Gasteiger partial charge is 0.492 e. The van der Waals surface area contributed by atoms with Crippen molar-refractivity contribution in [1.82, 2.24) is 25.0 Å². The lowest BCUT2D eigenvalue weighted by atomic mass is 10.1. The van der Waals surface area contributed by atoms with Gasteiger partial charge in [0, 0.05) is 44.5 Å². The van der Waals surface area contributed by atoms with E-state index in [2.05, 4.69) is 20.3 Å². The van der Waals surface area contributed by atoms with Gasteiger partial charge in [-0.3, -0.25) is 0 Å². The second-order valence-corrected chi connectivity index (χ2v) is 8.17. The summed E-state index contributed by atoms with van der Waals surface area (Å²) in [5, 5.41) is 6.86. The summed E-state index contributed by atoms with van der Waals surface area (Å²) >= 11 is 5.84. The van der Waals surface area contributed by atoms with Crippen molar-refractivity contribution < 1.29 is 22.7 Å². The molecular formula is C23H24ClF3N6O2. The molecule has 0 saturated carbocycles. The summed E-state index contributed by atoms with van der Waals surface area (Å²) in [6.07, 6.45) is -2.96. The third kappa shape index (κ3) is 5.79. The Morgan fingerprint density at radius 2 is 1.89 bits per heavy atom. The average molecular weight is 509 g/mol. The predicted molar refractivity (Wildman–Crippen MR) is 125 cm³/mol. The van der Waals surface area contributed by atoms with Gasteiger partial charge in [0.2, 0.25) is 5.28 Å². The molecule has 0 spiro atoms. The van der Waals surface area contributed by atoms with Crippen LogP contribution in [0.3, 0.4) is 0 Å². The van der Waals surface area contributed by atoms with Crippen LogP contribution in [0.25, 0.3) is 5.69 Å². The number of hydrogen-bond donors (Lipinski definition) is 1. The fourth-order valence-electron chi connectivity index (χ4n) is 3.92. The normalized spacial score (nSPS) is 14.2. The Hall–Kier alpha value is -3.47. The molecular weight excluding hydrogens is 485 g/mol. The van der Waals surface area contributed by atoms with E-state index in [1.165, 1.54) is 29.2 Å². The number of carbonyl (C=O) groups is 1. The number of nitrogens with one attached hydrogen (secondary N) is 1. The van der Waals surface area contributed by atoms with Crippen molar-refractivity contribution in [3.05, 3.63) is 65.2 Å². The summed E-state index contributed by atoms with van der Waals surface area (Å²) in [6, 6.07) is 10.5. The number of aromatic nitrogens is 3. The number of ether oxygens (including phenoxy) is 1. The number of halogens is 4. The Bertz CT molecular complexity index is 1180. The van der Waals surface area contributed by atoms with Crippen molar-refractivity contribution in [1.29, 1.82) is 0 Å². The maximum absolute atomic E-state index is 13.2. The van der Waals surface area contributed by atoms with E-state index in [1.807, 2.05) is 25.1 Å². The van der Waals surface area contributed by atoms with Crippen LogP contribution in [0.5, 0.6) is 5.75 Å². The second-order valence-electron chi connectivity index (χ2n) is 7.83. The molecule has 1 aromatic heterocycles. The van der Waals surface area contributed by atoms with Gasteiger partial charge in [0.1, 0.15) is 17.8 Å². The molecule has 0 radical (unpaired) electrons. The van der Waals surface area contributed by atoms with Crippen molar-refractivity contribution in [2.24, 2.45) is 0 Å². The monoisotopic (exact) mass is 508 g/mol. The zero-order valence-corrected chi connectivity index (χ0v) is 19.7. The Morgan fingerprint density at radius 3 is 2.54 bits per heavy atom. The molecule has 2 amide bonds. The molecule has 2 heterocycles. The molecule has 2 aromatic carbocycles. The fourth-order valence-corrected chi connectivity index (χ4v) is 4.05. The van der Waals surface area contributed by atoms with Crippen LogP contribution in [0, 0.1) is 0 Å². The van der Waals surface area contributed by atoms with Gasteiger partial charge in [-0.1, -0.05) is 18.2 Å². The van der Waals surface area contributed by atoms with Crippen molar-refractivity contribution in [2.75, 3.05) is 37.7 Å². The number of carbonyl (C=O) groups excluding carboxylic acids is 1. The molecule has 35 heavy (non-hydrogen) atoms. The van der Waals surface area contributed by atoms with E-state index in [9.17, 15) is 18.0 Å². The fraction of sp³-hybridized carbons (Fsp3) is 0.348. The number of anilines is 1. The van der Waals surface area contributed by atoms with E-state index in [0.717, 1.165) is 11.8 Å². The first kappa shape index (κ1) is 24.6. The summed E-state index contributed by atoms with van der Waals surface area (Å²) in [5.74, 6) is 0.620. The summed E-state index contributed by atoms with van der Waals surface area (Å²) < 4.78 is 46.9. The highest BCUT2D eigenvalue weighted by atomic mass is 35.5. The predicted octanol–water partition coefficient (Wildman–Crippen LogP) is 4.37. The summed E-state index contributed by atoms with van der Waals surface area (Å²) in [5.41, 5.74) is 0.908. The molecule has 1 aliphatic heterocycles. The molecule has 1 saturated heterocycles. The minimum Gasteiger partial charge on any atom is -0.492 e. The molecule has 3 aromatic rings. The van der Waals surface area contributed by atoms with Gasteiger partial charge in [-0.15, -0.1) is 5.10 Å². The van der Waals surface area contributed by atoms with Crippen molar-refractivity contribution in [3.63, 3.8) is 0 Å². The van der Waals surface area contributed by atoms with Gasteiger partial charge in [-0.2, -0.15) is 13.2 Å². The highest BCUT2D eigenvalue weighted by Crippen LogP contribution is 2.32. The van der Waals surface area contributed by atoms with Gasteiger partial charge in [0.15, 0.2) is 0 Å². The van der Waals surface area contributed by atoms with Crippen LogP contribution in [0.2, 0.25) is 5.28 Å². The summed E-state index contributed by atoms with van der Waals surface area (Å²) in [7, 11) is 0. The first-order valence-corrected chi connectivity index (χ1v) is 11.4. The maximum Gasteiger partial charge on any atom is 0.416 e. The van der Waals surface area contributed by atoms with Crippen LogP contribution in [0.4, 0.5) is 23.7 Å². The van der Waals surface area contributed by atoms with E-state index >= 15 is 0 Å². The number of nitrogens with zero attached hydrogens (tertiary/aromatic N) is 5. The van der Waals surface area contributed by atoms with Gasteiger partial charge in [0.25, 0.3) is 0 Å². The Morgan fingerprint density at radius 1 is 1.14 bits per heavy atom. The number of piperazine rings is 1. The Labute approximate surface area is 205 Å². The smallest absolute Gasteiger partial charge is 0.416 e. The molecule has 1 fully saturated rings. The number of alkyl halides is 3. The zero-order valence-electron chi connectivity index (χ0n) is 18.9. The van der Waals surface area contributed by atoms with E-state index in [0.29, 0.717) is 44.2 Å². The molecule has 0 bridgehead atoms. The highest BCUT2D eigenvalue weighted by Gasteiger charge is 2.33. The van der Waals surface area contributed by atoms with Crippen LogP contribution in [-0.4, -0.2) is 58.5 Å². The van der Waals surface area contributed by atoms with E-state index in [4.69, 9.17) is 16.3 Å². The zero-order chi connectivity index (χ0) is 25.0. The third-order valence-electron chi connectivity index (χ3n) is 5.64. The second kappa shape index (κ2) is 10.4. The lowest BCUT2D eigenvalue weighted by Gasteiger charge is -2.36. The lowest BCUT2D eigenvalue weighted by Crippen LogP contribution is -2.51. The van der Waals surface area contributed by atoms with Gasteiger partial charge < -0.3 is 19.9 Å². The topological polar surface area (TPSA) is 75.5 Å². The van der Waals surface area contributed by atoms with Crippen LogP contribution >= 0.6 is 11.6 Å². The minimum absolute atomic E-state index is 0.0317. The first-order valence-electron chi connectivity index (χ1n) is 11.0. The minimum atomic E-state index is -4.47. The van der Waals surface area contributed by atoms with Crippen LogP contribution in [0.15, 0.2) is 48.8 Å². The average Bonchev–Trinajstić information content (AvgIpc) is 3.28. The van der Waals surface area contributed by atoms with Gasteiger partial charge in [-0.05, 0) is 42.3 Å². The number of benzene rings is 2. The summed E-state index contributed by atoms with van der Waals surface area (Å²) in [4.78, 5) is 20.2. The highest BCUT2D eigenvalue weighted by molar-refractivity contribution is 6.28. The molecule has 1 N–H and O–H groups in total. The SMILES string of the molecule is CCOc1cc(N2CCN(C(=O)NCc3ccccc3C(F)(F)F)CC2)ccc1-n1cnc(Cl)n1. The van der Waals surface area contributed by atoms with Gasteiger partial charge in [0.05, 0.1) is 12.2 Å². The number of urea groups is 1. The molecule has 0 aliphatic carbocycles. The molecule has 1 aliphatic rings. The van der Waals surface area contributed by atoms with Gasteiger partial charge in [-0.25, -0.2) is 14.5 Å². The Kier molecular flexibility index (Phi) is 7.34. The lowest BCUT2D eigenvalue weighted by molar-refractivity contribution is -0.138. The number of rotatable bonds is 6. The Balaban J connectivity index is 1.37. The number of hydrogen-bond acceptors (Lipinski definition) is 5. The van der Waals surface area contributed by atoms with Gasteiger partial charge >= 0.3 is 12.2 Å². The molecule has 12 heteroatoms. The first-order chi connectivity index (χ1) is 16.8. The van der Waals surface area contributed by atoms with E-state index in [1.54, 1.807) is 4.90 Å². The molecule has 8 nitrogen and oxygen atoms in total.